The van der Waals surface area contributed by atoms with Crippen molar-refractivity contribution in [1.82, 2.24) is 4.98 Å². The molecule has 0 atom stereocenters. The summed E-state index contributed by atoms with van der Waals surface area (Å²) in [7, 11) is 3.08. The number of hydrogen-bond acceptors (Lipinski definition) is 7. The molecule has 1 amide bonds. The zero-order valence-electron chi connectivity index (χ0n) is 16.5. The predicted octanol–water partition coefficient (Wildman–Crippen LogP) is 4.02. The van der Waals surface area contributed by atoms with E-state index in [0.717, 1.165) is 16.8 Å². The first kappa shape index (κ1) is 21.1. The minimum atomic E-state index is -0.635. The summed E-state index contributed by atoms with van der Waals surface area (Å²) in [6.07, 6.45) is 2.81. The zero-order chi connectivity index (χ0) is 21.3. The van der Waals surface area contributed by atoms with Crippen molar-refractivity contribution >= 4 is 34.4 Å². The molecule has 1 heterocycles. The smallest absolute Gasteiger partial charge is 0.331 e. The van der Waals surface area contributed by atoms with E-state index in [1.54, 1.807) is 31.4 Å². The van der Waals surface area contributed by atoms with Gasteiger partial charge in [0.2, 0.25) is 0 Å². The molecule has 154 valence electrons. The minimum Gasteiger partial charge on any atom is -0.493 e. The van der Waals surface area contributed by atoms with Crippen LogP contribution in [0.25, 0.3) is 17.3 Å². The summed E-state index contributed by atoms with van der Waals surface area (Å²) >= 11 is 1.30. The van der Waals surface area contributed by atoms with Crippen LogP contribution in [0.3, 0.4) is 0 Å². The van der Waals surface area contributed by atoms with Gasteiger partial charge in [0.1, 0.15) is 0 Å². The summed E-state index contributed by atoms with van der Waals surface area (Å²) in [6, 6.07) is 14.9. The molecule has 0 aliphatic carbocycles. The number of methoxy groups -OCH3 is 2. The summed E-state index contributed by atoms with van der Waals surface area (Å²) in [5, 5.41) is 4.92. The summed E-state index contributed by atoms with van der Waals surface area (Å²) < 4.78 is 15.4. The van der Waals surface area contributed by atoms with Crippen LogP contribution in [0.4, 0.5) is 5.13 Å². The Morgan fingerprint density at radius 2 is 1.83 bits per heavy atom. The third-order valence-corrected chi connectivity index (χ3v) is 4.74. The highest BCUT2D eigenvalue weighted by Crippen LogP contribution is 2.28. The number of benzene rings is 2. The lowest BCUT2D eigenvalue weighted by Crippen LogP contribution is -2.20. The monoisotopic (exact) mass is 424 g/mol. The summed E-state index contributed by atoms with van der Waals surface area (Å²) in [4.78, 5) is 28.3. The van der Waals surface area contributed by atoms with Crippen molar-refractivity contribution in [2.45, 2.75) is 0 Å². The molecule has 0 fully saturated rings. The second-order valence-corrected chi connectivity index (χ2v) is 6.87. The van der Waals surface area contributed by atoms with E-state index in [9.17, 15) is 9.59 Å². The number of carbonyl (C=O) groups excluding carboxylic acids is 2. The van der Waals surface area contributed by atoms with Crippen LogP contribution in [0.1, 0.15) is 5.56 Å². The Morgan fingerprint density at radius 3 is 2.57 bits per heavy atom. The van der Waals surface area contributed by atoms with Crippen LogP contribution in [0.15, 0.2) is 60.0 Å². The van der Waals surface area contributed by atoms with Gasteiger partial charge in [-0.25, -0.2) is 9.78 Å². The molecule has 3 rings (SSSR count). The molecule has 1 aromatic heterocycles. The maximum absolute atomic E-state index is 12.0. The molecule has 2 aromatic carbocycles. The Labute approximate surface area is 177 Å². The summed E-state index contributed by atoms with van der Waals surface area (Å²) in [5.74, 6) is 0.0399. The molecular weight excluding hydrogens is 404 g/mol. The number of thiazole rings is 1. The molecule has 0 spiro atoms. The molecule has 30 heavy (non-hydrogen) atoms. The van der Waals surface area contributed by atoms with Crippen LogP contribution >= 0.6 is 11.3 Å². The van der Waals surface area contributed by atoms with Crippen LogP contribution in [0.5, 0.6) is 11.5 Å². The lowest BCUT2D eigenvalue weighted by atomic mass is 10.2. The topological polar surface area (TPSA) is 86.8 Å². The molecule has 0 unspecified atom stereocenters. The number of nitrogens with one attached hydrogen (secondary N) is 1. The first-order valence-corrected chi connectivity index (χ1v) is 9.84. The maximum atomic E-state index is 12.0. The highest BCUT2D eigenvalue weighted by molar-refractivity contribution is 7.14. The predicted molar refractivity (Wildman–Crippen MR) is 116 cm³/mol. The Hall–Kier alpha value is -3.65. The van der Waals surface area contributed by atoms with Crippen molar-refractivity contribution in [2.24, 2.45) is 0 Å². The van der Waals surface area contributed by atoms with E-state index in [0.29, 0.717) is 16.6 Å². The van der Waals surface area contributed by atoms with Gasteiger partial charge in [-0.2, -0.15) is 0 Å². The number of amides is 1. The van der Waals surface area contributed by atoms with Crippen molar-refractivity contribution in [2.75, 3.05) is 26.1 Å². The standard InChI is InChI=1S/C22H20N2O5S/c1-27-18-10-8-15(12-19(18)28-2)9-11-21(26)29-13-20(25)24-22-23-17(14-30-22)16-6-4-3-5-7-16/h3-12,14H,13H2,1-2H3,(H,23,24,25). The molecular formula is C22H20N2O5S. The quantitative estimate of drug-likeness (QED) is 0.434. The maximum Gasteiger partial charge on any atom is 0.331 e. The van der Waals surface area contributed by atoms with Gasteiger partial charge in [-0.1, -0.05) is 36.4 Å². The molecule has 0 saturated carbocycles. The van der Waals surface area contributed by atoms with E-state index < -0.39 is 18.5 Å². The molecule has 3 aromatic rings. The van der Waals surface area contributed by atoms with E-state index in [4.69, 9.17) is 14.2 Å². The van der Waals surface area contributed by atoms with Crippen LogP contribution in [-0.4, -0.2) is 37.7 Å². The normalized spacial score (nSPS) is 10.6. The number of anilines is 1. The average molecular weight is 424 g/mol. The van der Waals surface area contributed by atoms with Gasteiger partial charge in [-0.05, 0) is 23.8 Å². The lowest BCUT2D eigenvalue weighted by molar-refractivity contribution is -0.142. The van der Waals surface area contributed by atoms with Gasteiger partial charge in [0.05, 0.1) is 19.9 Å². The Kier molecular flexibility index (Phi) is 7.18. The number of carbonyl (C=O) groups is 2. The second kappa shape index (κ2) is 10.2. The van der Waals surface area contributed by atoms with E-state index in [-0.39, 0.29) is 0 Å². The van der Waals surface area contributed by atoms with E-state index in [2.05, 4.69) is 10.3 Å². The Bertz CT molecular complexity index is 1050. The fraction of sp³-hybridized carbons (Fsp3) is 0.136. The van der Waals surface area contributed by atoms with Crippen LogP contribution in [-0.2, 0) is 14.3 Å². The van der Waals surface area contributed by atoms with Gasteiger partial charge in [0.25, 0.3) is 5.91 Å². The SMILES string of the molecule is COc1ccc(C=CC(=O)OCC(=O)Nc2nc(-c3ccccc3)cs2)cc1OC. The van der Waals surface area contributed by atoms with E-state index in [1.807, 2.05) is 35.7 Å². The second-order valence-electron chi connectivity index (χ2n) is 6.01. The highest BCUT2D eigenvalue weighted by atomic mass is 32.1. The molecule has 0 aliphatic rings. The molecule has 0 bridgehead atoms. The molecule has 0 saturated heterocycles. The first-order valence-electron chi connectivity index (χ1n) is 8.96. The number of ether oxygens (including phenoxy) is 3. The molecule has 0 radical (unpaired) electrons. The van der Waals surface area contributed by atoms with Crippen LogP contribution < -0.4 is 14.8 Å². The summed E-state index contributed by atoms with van der Waals surface area (Å²) in [6.45, 7) is -0.407. The Morgan fingerprint density at radius 1 is 1.07 bits per heavy atom. The van der Waals surface area contributed by atoms with Gasteiger partial charge >= 0.3 is 5.97 Å². The van der Waals surface area contributed by atoms with Gasteiger partial charge in [0.15, 0.2) is 23.2 Å². The third kappa shape index (κ3) is 5.68. The van der Waals surface area contributed by atoms with Gasteiger partial charge in [-0.15, -0.1) is 11.3 Å². The zero-order valence-corrected chi connectivity index (χ0v) is 17.3. The number of rotatable bonds is 8. The van der Waals surface area contributed by atoms with Crippen LogP contribution in [0.2, 0.25) is 0 Å². The lowest BCUT2D eigenvalue weighted by Gasteiger charge is -2.07. The Balaban J connectivity index is 1.49. The van der Waals surface area contributed by atoms with Crippen molar-refractivity contribution < 1.29 is 23.8 Å². The summed E-state index contributed by atoms with van der Waals surface area (Å²) in [5.41, 5.74) is 2.46. The third-order valence-electron chi connectivity index (χ3n) is 3.99. The van der Waals surface area contributed by atoms with Gasteiger partial charge in [-0.3, -0.25) is 10.1 Å². The largest absolute Gasteiger partial charge is 0.493 e. The fourth-order valence-corrected chi connectivity index (χ4v) is 3.27. The average Bonchev–Trinajstić information content (AvgIpc) is 3.25. The fourth-order valence-electron chi connectivity index (χ4n) is 2.53. The van der Waals surface area contributed by atoms with Crippen molar-refractivity contribution in [1.29, 1.82) is 0 Å². The van der Waals surface area contributed by atoms with Crippen LogP contribution in [0, 0.1) is 0 Å². The van der Waals surface area contributed by atoms with E-state index in [1.165, 1.54) is 24.5 Å². The van der Waals surface area contributed by atoms with Crippen molar-refractivity contribution in [3.05, 3.63) is 65.6 Å². The van der Waals surface area contributed by atoms with Gasteiger partial charge < -0.3 is 14.2 Å². The number of hydrogen-bond donors (Lipinski definition) is 1. The molecule has 1 N–H and O–H groups in total. The number of nitrogens with zero attached hydrogens (tertiary/aromatic N) is 1. The molecule has 7 nitrogen and oxygen atoms in total. The highest BCUT2D eigenvalue weighted by Gasteiger charge is 2.10. The number of aromatic nitrogens is 1. The first-order chi connectivity index (χ1) is 14.6. The van der Waals surface area contributed by atoms with Gasteiger partial charge in [0, 0.05) is 17.0 Å². The van der Waals surface area contributed by atoms with E-state index >= 15 is 0 Å². The minimum absolute atomic E-state index is 0.407. The number of esters is 1. The van der Waals surface area contributed by atoms with Crippen molar-refractivity contribution in [3.8, 4) is 22.8 Å². The van der Waals surface area contributed by atoms with Crippen molar-refractivity contribution in [3.63, 3.8) is 0 Å². The molecule has 8 heteroatoms. The molecule has 0 aliphatic heterocycles.